The van der Waals surface area contributed by atoms with Crippen LogP contribution in [-0.4, -0.2) is 18.0 Å². The van der Waals surface area contributed by atoms with Crippen molar-refractivity contribution in [1.82, 2.24) is 5.32 Å². The third-order valence-electron chi connectivity index (χ3n) is 6.97. The zero-order valence-electron chi connectivity index (χ0n) is 13.4. The Kier molecular flexibility index (Phi) is 3.20. The molecule has 3 saturated carbocycles. The Hall–Kier alpha value is -0.570. The van der Waals surface area contributed by atoms with Crippen LogP contribution >= 0.6 is 0 Å². The van der Waals surface area contributed by atoms with Gasteiger partial charge in [-0.3, -0.25) is 4.79 Å². The smallest absolute Gasteiger partial charge is 0.224 e. The normalized spacial score (nSPS) is 42.0. The minimum absolute atomic E-state index is 0.136. The molecule has 3 N–H and O–H groups in total. The molecule has 3 heteroatoms. The van der Waals surface area contributed by atoms with Crippen molar-refractivity contribution in [3.63, 3.8) is 0 Å². The summed E-state index contributed by atoms with van der Waals surface area (Å²) in [6, 6.07) is 0.746. The lowest BCUT2D eigenvalue weighted by Crippen LogP contribution is -2.54. The first kappa shape index (κ1) is 14.4. The molecule has 2 atom stereocenters. The molecule has 0 saturated heterocycles. The van der Waals surface area contributed by atoms with Crippen molar-refractivity contribution in [3.05, 3.63) is 0 Å². The van der Waals surface area contributed by atoms with Crippen LogP contribution in [0.2, 0.25) is 0 Å². The molecule has 3 aliphatic carbocycles. The molecule has 114 valence electrons. The summed E-state index contributed by atoms with van der Waals surface area (Å²) >= 11 is 0. The van der Waals surface area contributed by atoms with Crippen molar-refractivity contribution in [1.29, 1.82) is 0 Å². The average molecular weight is 278 g/mol. The van der Waals surface area contributed by atoms with Gasteiger partial charge in [-0.1, -0.05) is 34.1 Å². The lowest BCUT2D eigenvalue weighted by atomic mass is 9.67. The first-order chi connectivity index (χ1) is 9.25. The third kappa shape index (κ3) is 2.01. The van der Waals surface area contributed by atoms with Crippen LogP contribution in [0.15, 0.2) is 0 Å². The molecule has 3 fully saturated rings. The lowest BCUT2D eigenvalue weighted by Gasteiger charge is -2.45. The summed E-state index contributed by atoms with van der Waals surface area (Å²) in [5.74, 6) is 1.70. The number of carbonyl (C=O) groups is 1. The summed E-state index contributed by atoms with van der Waals surface area (Å²) in [6.07, 6.45) is 5.99. The molecule has 0 spiro atoms. The van der Waals surface area contributed by atoms with E-state index in [1.165, 1.54) is 19.3 Å². The largest absolute Gasteiger partial charge is 0.353 e. The van der Waals surface area contributed by atoms with E-state index < -0.39 is 0 Å². The van der Waals surface area contributed by atoms with Crippen LogP contribution in [0.3, 0.4) is 0 Å². The van der Waals surface area contributed by atoms with E-state index >= 15 is 0 Å². The topological polar surface area (TPSA) is 55.1 Å². The molecule has 3 aliphatic rings. The van der Waals surface area contributed by atoms with Crippen LogP contribution in [0.4, 0.5) is 0 Å². The third-order valence-corrected chi connectivity index (χ3v) is 6.97. The molecular formula is C17H30N2O. The zero-order valence-corrected chi connectivity index (χ0v) is 13.4. The van der Waals surface area contributed by atoms with Crippen molar-refractivity contribution in [2.75, 3.05) is 0 Å². The number of hydrogen-bond acceptors (Lipinski definition) is 2. The Morgan fingerprint density at radius 2 is 1.55 bits per heavy atom. The second-order valence-corrected chi connectivity index (χ2v) is 8.59. The van der Waals surface area contributed by atoms with Crippen LogP contribution in [-0.2, 0) is 4.79 Å². The Labute approximate surface area is 123 Å². The first-order valence-corrected chi connectivity index (χ1v) is 8.31. The highest BCUT2D eigenvalue weighted by Crippen LogP contribution is 2.68. The van der Waals surface area contributed by atoms with Gasteiger partial charge in [-0.05, 0) is 48.3 Å². The number of amides is 1. The van der Waals surface area contributed by atoms with Gasteiger partial charge in [0.15, 0.2) is 0 Å². The molecule has 0 aliphatic heterocycles. The fourth-order valence-corrected chi connectivity index (χ4v) is 5.12. The number of nitrogens with two attached hydrogens (primary N) is 1. The molecule has 0 radical (unpaired) electrons. The Bertz CT molecular complexity index is 387. The van der Waals surface area contributed by atoms with Gasteiger partial charge in [-0.15, -0.1) is 0 Å². The summed E-state index contributed by atoms with van der Waals surface area (Å²) in [4.78, 5) is 12.7. The highest BCUT2D eigenvalue weighted by atomic mass is 16.2. The van der Waals surface area contributed by atoms with Crippen molar-refractivity contribution in [2.45, 2.75) is 71.9 Å². The molecule has 0 aromatic rings. The van der Waals surface area contributed by atoms with Gasteiger partial charge in [0.1, 0.15) is 0 Å². The van der Waals surface area contributed by atoms with E-state index in [4.69, 9.17) is 5.73 Å². The van der Waals surface area contributed by atoms with Gasteiger partial charge >= 0.3 is 0 Å². The standard InChI is InChI=1S/C17H30N2O/c1-16(2)14(17(16,3)4)15(20)19-13-10-6-5-7-11(13)9-12(18)8-10/h10-14H,5-9,18H2,1-4H3,(H,19,20). The van der Waals surface area contributed by atoms with E-state index in [1.54, 1.807) is 0 Å². The maximum absolute atomic E-state index is 12.7. The van der Waals surface area contributed by atoms with Crippen LogP contribution in [0, 0.1) is 28.6 Å². The van der Waals surface area contributed by atoms with Crippen LogP contribution in [0.5, 0.6) is 0 Å². The van der Waals surface area contributed by atoms with E-state index in [2.05, 4.69) is 33.0 Å². The number of rotatable bonds is 2. The number of fused-ring (bicyclic) bond motifs is 2. The zero-order chi connectivity index (χ0) is 14.7. The molecular weight excluding hydrogens is 248 g/mol. The number of hydrogen-bond donors (Lipinski definition) is 2. The van der Waals surface area contributed by atoms with E-state index in [9.17, 15) is 4.79 Å². The molecule has 0 aromatic carbocycles. The van der Waals surface area contributed by atoms with E-state index in [0.717, 1.165) is 12.8 Å². The van der Waals surface area contributed by atoms with Gasteiger partial charge in [0.2, 0.25) is 5.91 Å². The molecule has 2 bridgehead atoms. The van der Waals surface area contributed by atoms with Crippen molar-refractivity contribution in [3.8, 4) is 0 Å². The summed E-state index contributed by atoms with van der Waals surface area (Å²) in [7, 11) is 0. The maximum atomic E-state index is 12.7. The summed E-state index contributed by atoms with van der Waals surface area (Å²) in [5, 5.41) is 3.42. The number of nitrogens with one attached hydrogen (secondary N) is 1. The maximum Gasteiger partial charge on any atom is 0.224 e. The predicted octanol–water partition coefficient (Wildman–Crippen LogP) is 2.69. The molecule has 1 amide bonds. The molecule has 2 unspecified atom stereocenters. The summed E-state index contributed by atoms with van der Waals surface area (Å²) in [5.41, 5.74) is 6.44. The quantitative estimate of drug-likeness (QED) is 0.816. The van der Waals surface area contributed by atoms with Gasteiger partial charge in [-0.25, -0.2) is 0 Å². The fourth-order valence-electron chi connectivity index (χ4n) is 5.12. The van der Waals surface area contributed by atoms with Gasteiger partial charge in [0.25, 0.3) is 0 Å². The first-order valence-electron chi connectivity index (χ1n) is 8.31. The fraction of sp³-hybridized carbons (Fsp3) is 0.941. The van der Waals surface area contributed by atoms with Crippen LogP contribution in [0.25, 0.3) is 0 Å². The predicted molar refractivity (Wildman–Crippen MR) is 81.0 cm³/mol. The Morgan fingerprint density at radius 1 is 1.05 bits per heavy atom. The van der Waals surface area contributed by atoms with Gasteiger partial charge in [0, 0.05) is 18.0 Å². The highest BCUT2D eigenvalue weighted by Gasteiger charge is 2.68. The Morgan fingerprint density at radius 3 is 2.00 bits per heavy atom. The molecule has 20 heavy (non-hydrogen) atoms. The molecule has 3 rings (SSSR count). The van der Waals surface area contributed by atoms with Crippen molar-refractivity contribution >= 4 is 5.91 Å². The van der Waals surface area contributed by atoms with Crippen LogP contribution in [0.1, 0.15) is 59.8 Å². The molecule has 0 aromatic heterocycles. The van der Waals surface area contributed by atoms with Crippen LogP contribution < -0.4 is 11.1 Å². The summed E-state index contributed by atoms with van der Waals surface area (Å²) in [6.45, 7) is 8.87. The lowest BCUT2D eigenvalue weighted by molar-refractivity contribution is -0.125. The Balaban J connectivity index is 1.68. The number of carbonyl (C=O) groups excluding carboxylic acids is 1. The van der Waals surface area contributed by atoms with E-state index in [1.807, 2.05) is 0 Å². The van der Waals surface area contributed by atoms with Gasteiger partial charge in [0.05, 0.1) is 0 Å². The molecule has 3 nitrogen and oxygen atoms in total. The second-order valence-electron chi connectivity index (χ2n) is 8.59. The van der Waals surface area contributed by atoms with Gasteiger partial charge < -0.3 is 11.1 Å². The van der Waals surface area contributed by atoms with E-state index in [-0.39, 0.29) is 22.7 Å². The van der Waals surface area contributed by atoms with E-state index in [0.29, 0.717) is 23.9 Å². The SMILES string of the molecule is CC1(C)C(C(=O)NC2C3CCCC2CC(N)C3)C1(C)C. The molecule has 0 heterocycles. The van der Waals surface area contributed by atoms with Gasteiger partial charge in [-0.2, -0.15) is 0 Å². The minimum atomic E-state index is 0.136. The van der Waals surface area contributed by atoms with Crippen molar-refractivity contribution < 1.29 is 4.79 Å². The van der Waals surface area contributed by atoms with Crippen molar-refractivity contribution in [2.24, 2.45) is 34.3 Å². The second kappa shape index (κ2) is 4.46. The monoisotopic (exact) mass is 278 g/mol. The minimum Gasteiger partial charge on any atom is -0.353 e. The average Bonchev–Trinajstić information content (AvgIpc) is 2.70. The summed E-state index contributed by atoms with van der Waals surface area (Å²) < 4.78 is 0. The highest BCUT2D eigenvalue weighted by molar-refractivity contribution is 5.84.